The quantitative estimate of drug-likeness (QED) is 0.729. The molecule has 0 heterocycles. The van der Waals surface area contributed by atoms with Crippen LogP contribution in [0.2, 0.25) is 0 Å². The molecule has 1 rings (SSSR count). The SMILES string of the molecule is CCc1ccc(C(CC)NCCC(=O)NC(C)CC)cc1. The van der Waals surface area contributed by atoms with E-state index >= 15 is 0 Å². The lowest BCUT2D eigenvalue weighted by Gasteiger charge is -2.18. The normalized spacial score (nSPS) is 13.7. The van der Waals surface area contributed by atoms with Gasteiger partial charge in [-0.25, -0.2) is 0 Å². The average molecular weight is 290 g/mol. The van der Waals surface area contributed by atoms with Crippen molar-refractivity contribution < 1.29 is 4.79 Å². The Hall–Kier alpha value is -1.35. The molecule has 2 atom stereocenters. The van der Waals surface area contributed by atoms with Crippen LogP contribution in [0.25, 0.3) is 0 Å². The van der Waals surface area contributed by atoms with Crippen molar-refractivity contribution in [3.63, 3.8) is 0 Å². The summed E-state index contributed by atoms with van der Waals surface area (Å²) in [6.45, 7) is 9.17. The highest BCUT2D eigenvalue weighted by Gasteiger charge is 2.10. The summed E-state index contributed by atoms with van der Waals surface area (Å²) >= 11 is 0. The fourth-order valence-corrected chi connectivity index (χ4v) is 2.29. The lowest BCUT2D eigenvalue weighted by atomic mass is 10.0. The second-order valence-electron chi connectivity index (χ2n) is 5.64. The fraction of sp³-hybridized carbons (Fsp3) is 0.611. The summed E-state index contributed by atoms with van der Waals surface area (Å²) in [6.07, 6.45) is 3.60. The van der Waals surface area contributed by atoms with Gasteiger partial charge in [-0.05, 0) is 37.3 Å². The maximum atomic E-state index is 11.8. The molecule has 118 valence electrons. The van der Waals surface area contributed by atoms with E-state index in [1.807, 2.05) is 6.92 Å². The van der Waals surface area contributed by atoms with Gasteiger partial charge in [0.05, 0.1) is 0 Å². The third kappa shape index (κ3) is 6.30. The van der Waals surface area contributed by atoms with Crippen molar-refractivity contribution in [2.75, 3.05) is 6.54 Å². The summed E-state index contributed by atoms with van der Waals surface area (Å²) in [7, 11) is 0. The minimum atomic E-state index is 0.132. The van der Waals surface area contributed by atoms with Crippen molar-refractivity contribution >= 4 is 5.91 Å². The van der Waals surface area contributed by atoms with E-state index in [1.165, 1.54) is 11.1 Å². The molecule has 1 amide bonds. The fourth-order valence-electron chi connectivity index (χ4n) is 2.29. The van der Waals surface area contributed by atoms with Gasteiger partial charge in [-0.2, -0.15) is 0 Å². The van der Waals surface area contributed by atoms with Gasteiger partial charge in [0.1, 0.15) is 0 Å². The van der Waals surface area contributed by atoms with E-state index in [4.69, 9.17) is 0 Å². The third-order valence-electron chi connectivity index (χ3n) is 3.96. The van der Waals surface area contributed by atoms with Gasteiger partial charge in [-0.1, -0.05) is 45.0 Å². The molecule has 0 bridgehead atoms. The summed E-state index contributed by atoms with van der Waals surface area (Å²) < 4.78 is 0. The number of hydrogen-bond donors (Lipinski definition) is 2. The lowest BCUT2D eigenvalue weighted by Crippen LogP contribution is -2.34. The van der Waals surface area contributed by atoms with Crippen LogP contribution in [0, 0.1) is 0 Å². The summed E-state index contributed by atoms with van der Waals surface area (Å²) in [5.41, 5.74) is 2.67. The minimum Gasteiger partial charge on any atom is -0.354 e. The number of aryl methyl sites for hydroxylation is 1. The van der Waals surface area contributed by atoms with Gasteiger partial charge in [0.25, 0.3) is 0 Å². The molecule has 21 heavy (non-hydrogen) atoms. The van der Waals surface area contributed by atoms with Crippen molar-refractivity contribution in [1.82, 2.24) is 10.6 Å². The van der Waals surface area contributed by atoms with Crippen LogP contribution < -0.4 is 10.6 Å². The molecule has 0 aliphatic carbocycles. The molecule has 1 aromatic rings. The van der Waals surface area contributed by atoms with Crippen LogP contribution >= 0.6 is 0 Å². The Morgan fingerprint density at radius 1 is 1.10 bits per heavy atom. The second-order valence-corrected chi connectivity index (χ2v) is 5.64. The first-order valence-electron chi connectivity index (χ1n) is 8.22. The van der Waals surface area contributed by atoms with Gasteiger partial charge in [0.15, 0.2) is 0 Å². The highest BCUT2D eigenvalue weighted by molar-refractivity contribution is 5.76. The molecular formula is C18H30N2O. The van der Waals surface area contributed by atoms with Crippen molar-refractivity contribution in [2.24, 2.45) is 0 Å². The van der Waals surface area contributed by atoms with Crippen LogP contribution in [0.3, 0.4) is 0 Å². The van der Waals surface area contributed by atoms with Crippen LogP contribution in [-0.2, 0) is 11.2 Å². The van der Waals surface area contributed by atoms with E-state index in [2.05, 4.69) is 55.7 Å². The van der Waals surface area contributed by atoms with E-state index in [9.17, 15) is 4.79 Å². The first-order valence-corrected chi connectivity index (χ1v) is 8.22. The number of nitrogens with one attached hydrogen (secondary N) is 2. The van der Waals surface area contributed by atoms with E-state index in [-0.39, 0.29) is 11.9 Å². The van der Waals surface area contributed by atoms with Gasteiger partial charge in [0, 0.05) is 25.0 Å². The summed E-state index contributed by atoms with van der Waals surface area (Å²) in [6, 6.07) is 9.36. The molecule has 0 aliphatic rings. The number of carbonyl (C=O) groups excluding carboxylic acids is 1. The molecule has 3 nitrogen and oxygen atoms in total. The van der Waals surface area contributed by atoms with E-state index in [0.29, 0.717) is 12.5 Å². The first-order chi connectivity index (χ1) is 10.1. The molecule has 0 aromatic heterocycles. The van der Waals surface area contributed by atoms with E-state index < -0.39 is 0 Å². The van der Waals surface area contributed by atoms with Crippen LogP contribution in [0.5, 0.6) is 0 Å². The zero-order chi connectivity index (χ0) is 15.7. The van der Waals surface area contributed by atoms with Gasteiger partial charge >= 0.3 is 0 Å². The maximum absolute atomic E-state index is 11.8. The molecule has 0 spiro atoms. The van der Waals surface area contributed by atoms with E-state index in [1.54, 1.807) is 0 Å². The Balaban J connectivity index is 2.41. The highest BCUT2D eigenvalue weighted by Crippen LogP contribution is 2.17. The molecule has 2 unspecified atom stereocenters. The number of rotatable bonds is 9. The molecule has 0 radical (unpaired) electrons. The monoisotopic (exact) mass is 290 g/mol. The molecule has 1 aromatic carbocycles. The van der Waals surface area contributed by atoms with Crippen molar-refractivity contribution in [2.45, 2.75) is 65.5 Å². The molecule has 2 N–H and O–H groups in total. The van der Waals surface area contributed by atoms with Crippen molar-refractivity contribution in [1.29, 1.82) is 0 Å². The second kappa shape index (κ2) is 9.56. The largest absolute Gasteiger partial charge is 0.354 e. The smallest absolute Gasteiger partial charge is 0.221 e. The molecule has 0 saturated carbocycles. The van der Waals surface area contributed by atoms with Crippen LogP contribution in [0.1, 0.15) is 64.1 Å². The number of benzene rings is 1. The minimum absolute atomic E-state index is 0.132. The van der Waals surface area contributed by atoms with Crippen molar-refractivity contribution in [3.05, 3.63) is 35.4 Å². The summed E-state index contributed by atoms with van der Waals surface area (Å²) in [5.74, 6) is 0.132. The third-order valence-corrected chi connectivity index (χ3v) is 3.96. The Kier molecular flexibility index (Phi) is 8.06. The predicted molar refractivity (Wildman–Crippen MR) is 89.4 cm³/mol. The standard InChI is InChI=1S/C18H30N2O/c1-5-14(4)20-18(21)12-13-19-17(7-3)16-10-8-15(6-2)9-11-16/h8-11,14,17,19H,5-7,12-13H2,1-4H3,(H,20,21). The zero-order valence-corrected chi connectivity index (χ0v) is 13.9. The first kappa shape index (κ1) is 17.7. The summed E-state index contributed by atoms with van der Waals surface area (Å²) in [4.78, 5) is 11.8. The van der Waals surface area contributed by atoms with Crippen LogP contribution in [0.4, 0.5) is 0 Å². The van der Waals surface area contributed by atoms with Gasteiger partial charge < -0.3 is 10.6 Å². The van der Waals surface area contributed by atoms with Crippen molar-refractivity contribution in [3.8, 4) is 0 Å². The number of hydrogen-bond acceptors (Lipinski definition) is 2. The summed E-state index contributed by atoms with van der Waals surface area (Å²) in [5, 5.41) is 6.48. The van der Waals surface area contributed by atoms with Gasteiger partial charge in [-0.3, -0.25) is 4.79 Å². The zero-order valence-electron chi connectivity index (χ0n) is 13.9. The van der Waals surface area contributed by atoms with E-state index in [0.717, 1.165) is 25.8 Å². The van der Waals surface area contributed by atoms with Crippen LogP contribution in [-0.4, -0.2) is 18.5 Å². The average Bonchev–Trinajstić information content (AvgIpc) is 2.51. The Morgan fingerprint density at radius 3 is 2.29 bits per heavy atom. The Morgan fingerprint density at radius 2 is 1.76 bits per heavy atom. The highest BCUT2D eigenvalue weighted by atomic mass is 16.1. The molecule has 0 saturated heterocycles. The number of carbonyl (C=O) groups is 1. The maximum Gasteiger partial charge on any atom is 0.221 e. The molecule has 3 heteroatoms. The Labute approximate surface area is 129 Å². The Bertz CT molecular complexity index is 414. The van der Waals surface area contributed by atoms with Gasteiger partial charge in [-0.15, -0.1) is 0 Å². The number of amides is 1. The molecule has 0 fully saturated rings. The lowest BCUT2D eigenvalue weighted by molar-refractivity contribution is -0.121. The topological polar surface area (TPSA) is 41.1 Å². The molecular weight excluding hydrogens is 260 g/mol. The van der Waals surface area contributed by atoms with Gasteiger partial charge in [0.2, 0.25) is 5.91 Å². The van der Waals surface area contributed by atoms with Crippen LogP contribution in [0.15, 0.2) is 24.3 Å². The predicted octanol–water partition coefficient (Wildman–Crippen LogP) is 3.59. The molecule has 0 aliphatic heterocycles.